The molecule has 2 amide bonds. The highest BCUT2D eigenvalue weighted by Crippen LogP contribution is 2.19. The summed E-state index contributed by atoms with van der Waals surface area (Å²) < 4.78 is 13.0. The number of hydrogen-bond donors (Lipinski definition) is 1. The van der Waals surface area contributed by atoms with Crippen molar-refractivity contribution in [1.29, 1.82) is 0 Å². The molecular formula is C16H14ClFN2O2. The van der Waals surface area contributed by atoms with E-state index in [1.54, 1.807) is 24.3 Å². The Kier molecular flexibility index (Phi) is 5.12. The third-order valence-electron chi connectivity index (χ3n) is 3.06. The van der Waals surface area contributed by atoms with Crippen molar-refractivity contribution in [2.75, 3.05) is 11.4 Å². The van der Waals surface area contributed by atoms with Crippen molar-refractivity contribution in [2.24, 2.45) is 5.73 Å². The molecule has 22 heavy (non-hydrogen) atoms. The maximum absolute atomic E-state index is 13.0. The van der Waals surface area contributed by atoms with Crippen LogP contribution in [0.1, 0.15) is 16.8 Å². The first-order chi connectivity index (χ1) is 10.5. The standard InChI is InChI=1S/C16H14ClFN2O2/c17-12-3-1-11(2-4-12)16(22)20(10-9-15(19)21)14-7-5-13(18)6-8-14/h1-8H,9-10H2,(H2,19,21). The zero-order valence-electron chi connectivity index (χ0n) is 11.6. The number of carbonyl (C=O) groups excluding carboxylic acids is 2. The van der Waals surface area contributed by atoms with E-state index in [1.165, 1.54) is 29.2 Å². The molecule has 2 rings (SSSR count). The summed E-state index contributed by atoms with van der Waals surface area (Å²) in [5.41, 5.74) is 6.05. The Morgan fingerprint density at radius 2 is 1.64 bits per heavy atom. The van der Waals surface area contributed by atoms with E-state index in [9.17, 15) is 14.0 Å². The van der Waals surface area contributed by atoms with E-state index in [1.807, 2.05) is 0 Å². The van der Waals surface area contributed by atoms with Gasteiger partial charge in [-0.3, -0.25) is 9.59 Å². The summed E-state index contributed by atoms with van der Waals surface area (Å²) in [5.74, 6) is -1.24. The van der Waals surface area contributed by atoms with Gasteiger partial charge in [0.2, 0.25) is 5.91 Å². The predicted octanol–water partition coefficient (Wildman–Crippen LogP) is 3.00. The second-order valence-electron chi connectivity index (χ2n) is 4.66. The lowest BCUT2D eigenvalue weighted by atomic mass is 10.1. The number of hydrogen-bond acceptors (Lipinski definition) is 2. The molecule has 0 saturated carbocycles. The van der Waals surface area contributed by atoms with Crippen LogP contribution in [0.15, 0.2) is 48.5 Å². The van der Waals surface area contributed by atoms with Crippen molar-refractivity contribution in [3.05, 3.63) is 64.9 Å². The zero-order valence-corrected chi connectivity index (χ0v) is 12.4. The van der Waals surface area contributed by atoms with Gasteiger partial charge in [-0.2, -0.15) is 0 Å². The number of anilines is 1. The van der Waals surface area contributed by atoms with Crippen LogP contribution in [0.3, 0.4) is 0 Å². The van der Waals surface area contributed by atoms with Crippen LogP contribution < -0.4 is 10.6 Å². The molecule has 0 bridgehead atoms. The third kappa shape index (κ3) is 4.05. The number of amides is 2. The van der Waals surface area contributed by atoms with Crippen LogP contribution in [0.2, 0.25) is 5.02 Å². The SMILES string of the molecule is NC(=O)CCN(C(=O)c1ccc(Cl)cc1)c1ccc(F)cc1. The summed E-state index contributed by atoms with van der Waals surface area (Å²) in [7, 11) is 0. The van der Waals surface area contributed by atoms with Gasteiger partial charge in [0, 0.05) is 29.2 Å². The van der Waals surface area contributed by atoms with E-state index in [4.69, 9.17) is 17.3 Å². The summed E-state index contributed by atoms with van der Waals surface area (Å²) in [4.78, 5) is 25.0. The van der Waals surface area contributed by atoms with Crippen LogP contribution in [0.4, 0.5) is 10.1 Å². The molecule has 0 heterocycles. The van der Waals surface area contributed by atoms with Gasteiger partial charge in [0.15, 0.2) is 0 Å². The van der Waals surface area contributed by atoms with Crippen molar-refractivity contribution in [3.8, 4) is 0 Å². The van der Waals surface area contributed by atoms with Crippen molar-refractivity contribution in [3.63, 3.8) is 0 Å². The largest absolute Gasteiger partial charge is 0.370 e. The number of rotatable bonds is 5. The van der Waals surface area contributed by atoms with Crippen LogP contribution in [0.25, 0.3) is 0 Å². The summed E-state index contributed by atoms with van der Waals surface area (Å²) >= 11 is 5.81. The first kappa shape index (κ1) is 16.0. The van der Waals surface area contributed by atoms with Crippen LogP contribution in [-0.4, -0.2) is 18.4 Å². The van der Waals surface area contributed by atoms with Gasteiger partial charge in [0.1, 0.15) is 5.82 Å². The number of carbonyl (C=O) groups is 2. The Labute approximate surface area is 132 Å². The van der Waals surface area contributed by atoms with Gasteiger partial charge in [-0.05, 0) is 48.5 Å². The molecule has 2 aromatic rings. The van der Waals surface area contributed by atoms with Gasteiger partial charge in [0.25, 0.3) is 5.91 Å². The fourth-order valence-corrected chi connectivity index (χ4v) is 2.07. The first-order valence-corrected chi connectivity index (χ1v) is 6.96. The maximum atomic E-state index is 13.0. The molecule has 0 aliphatic carbocycles. The van der Waals surface area contributed by atoms with Gasteiger partial charge in [-0.15, -0.1) is 0 Å². The number of nitrogens with two attached hydrogens (primary N) is 1. The highest BCUT2D eigenvalue weighted by molar-refractivity contribution is 6.30. The second-order valence-corrected chi connectivity index (χ2v) is 5.09. The van der Waals surface area contributed by atoms with E-state index >= 15 is 0 Å². The molecule has 0 radical (unpaired) electrons. The Bertz CT molecular complexity index is 672. The number of primary amides is 1. The molecule has 2 N–H and O–H groups in total. The van der Waals surface area contributed by atoms with Crippen molar-refractivity contribution in [2.45, 2.75) is 6.42 Å². The second kappa shape index (κ2) is 7.04. The maximum Gasteiger partial charge on any atom is 0.258 e. The summed E-state index contributed by atoms with van der Waals surface area (Å²) in [6.07, 6.45) is 0.0106. The highest BCUT2D eigenvalue weighted by Gasteiger charge is 2.18. The van der Waals surface area contributed by atoms with Crippen LogP contribution in [-0.2, 0) is 4.79 Å². The lowest BCUT2D eigenvalue weighted by Crippen LogP contribution is -2.34. The fraction of sp³-hybridized carbons (Fsp3) is 0.125. The van der Waals surface area contributed by atoms with Gasteiger partial charge in [-0.1, -0.05) is 11.6 Å². The summed E-state index contributed by atoms with van der Waals surface area (Å²) in [6, 6.07) is 11.8. The number of benzene rings is 2. The fourth-order valence-electron chi connectivity index (χ4n) is 1.94. The van der Waals surface area contributed by atoms with Gasteiger partial charge < -0.3 is 10.6 Å². The highest BCUT2D eigenvalue weighted by atomic mass is 35.5. The van der Waals surface area contributed by atoms with Crippen molar-refractivity contribution in [1.82, 2.24) is 0 Å². The molecule has 0 atom stereocenters. The average Bonchev–Trinajstić information content (AvgIpc) is 2.49. The Balaban J connectivity index is 2.30. The van der Waals surface area contributed by atoms with Crippen molar-refractivity contribution < 1.29 is 14.0 Å². The monoisotopic (exact) mass is 320 g/mol. The quantitative estimate of drug-likeness (QED) is 0.920. The summed E-state index contributed by atoms with van der Waals surface area (Å²) in [6.45, 7) is 0.114. The van der Waals surface area contributed by atoms with E-state index < -0.39 is 11.7 Å². The minimum absolute atomic E-state index is 0.0106. The molecule has 0 unspecified atom stereocenters. The molecule has 0 saturated heterocycles. The molecule has 6 heteroatoms. The molecule has 0 aromatic heterocycles. The Morgan fingerprint density at radius 1 is 1.05 bits per heavy atom. The minimum Gasteiger partial charge on any atom is -0.370 e. The zero-order chi connectivity index (χ0) is 16.1. The van der Waals surface area contributed by atoms with E-state index in [2.05, 4.69) is 0 Å². The van der Waals surface area contributed by atoms with Crippen LogP contribution in [0, 0.1) is 5.82 Å². The molecule has 2 aromatic carbocycles. The van der Waals surface area contributed by atoms with Gasteiger partial charge >= 0.3 is 0 Å². The van der Waals surface area contributed by atoms with Crippen LogP contribution in [0.5, 0.6) is 0 Å². The first-order valence-electron chi connectivity index (χ1n) is 6.58. The van der Waals surface area contributed by atoms with E-state index in [0.717, 1.165) is 0 Å². The summed E-state index contributed by atoms with van der Waals surface area (Å²) in [5, 5.41) is 0.516. The molecule has 0 fully saturated rings. The molecular weight excluding hydrogens is 307 g/mol. The van der Waals surface area contributed by atoms with E-state index in [0.29, 0.717) is 16.3 Å². The van der Waals surface area contributed by atoms with Gasteiger partial charge in [0.05, 0.1) is 0 Å². The smallest absolute Gasteiger partial charge is 0.258 e. The van der Waals surface area contributed by atoms with Crippen molar-refractivity contribution >= 4 is 29.1 Å². The van der Waals surface area contributed by atoms with Gasteiger partial charge in [-0.25, -0.2) is 4.39 Å². The normalized spacial score (nSPS) is 10.3. The average molecular weight is 321 g/mol. The molecule has 0 spiro atoms. The topological polar surface area (TPSA) is 63.4 Å². The molecule has 0 aliphatic rings. The number of nitrogens with zero attached hydrogens (tertiary/aromatic N) is 1. The molecule has 0 aliphatic heterocycles. The molecule has 114 valence electrons. The third-order valence-corrected chi connectivity index (χ3v) is 3.31. The lowest BCUT2D eigenvalue weighted by molar-refractivity contribution is -0.117. The van der Waals surface area contributed by atoms with E-state index in [-0.39, 0.29) is 18.9 Å². The Hall–Kier alpha value is -2.40. The molecule has 4 nitrogen and oxygen atoms in total. The number of halogens is 2. The predicted molar refractivity (Wildman–Crippen MR) is 83.3 cm³/mol. The Morgan fingerprint density at radius 3 is 2.18 bits per heavy atom. The lowest BCUT2D eigenvalue weighted by Gasteiger charge is -2.22. The van der Waals surface area contributed by atoms with Crippen LogP contribution >= 0.6 is 11.6 Å². The minimum atomic E-state index is -0.518.